The van der Waals surface area contributed by atoms with Crippen molar-refractivity contribution in [1.29, 1.82) is 0 Å². The number of phenolic OH excluding ortho intramolecular Hbond substituents is 1. The zero-order valence-electron chi connectivity index (χ0n) is 8.87. The van der Waals surface area contributed by atoms with E-state index >= 15 is 0 Å². The molecule has 0 radical (unpaired) electrons. The first kappa shape index (κ1) is 11.9. The topological polar surface area (TPSA) is 52.5 Å². The van der Waals surface area contributed by atoms with Gasteiger partial charge in [-0.2, -0.15) is 0 Å². The standard InChI is InChI=1S/C11H16FNO2/c1-7(14)6-13-8(2)10-4-3-9(15)5-11(10)12/h3-5,7-8,13-15H,6H2,1-2H3. The summed E-state index contributed by atoms with van der Waals surface area (Å²) in [6, 6.07) is 3.86. The minimum Gasteiger partial charge on any atom is -0.508 e. The molecule has 1 aromatic rings. The fourth-order valence-electron chi connectivity index (χ4n) is 1.32. The second-order valence-electron chi connectivity index (χ2n) is 3.68. The summed E-state index contributed by atoms with van der Waals surface area (Å²) in [6.07, 6.45) is -0.465. The highest BCUT2D eigenvalue weighted by Crippen LogP contribution is 2.20. The fourth-order valence-corrected chi connectivity index (χ4v) is 1.32. The van der Waals surface area contributed by atoms with Gasteiger partial charge < -0.3 is 15.5 Å². The quantitative estimate of drug-likeness (QED) is 0.711. The maximum absolute atomic E-state index is 13.4. The molecule has 3 nitrogen and oxygen atoms in total. The van der Waals surface area contributed by atoms with Gasteiger partial charge >= 0.3 is 0 Å². The smallest absolute Gasteiger partial charge is 0.131 e. The van der Waals surface area contributed by atoms with Crippen molar-refractivity contribution in [2.75, 3.05) is 6.54 Å². The Bertz CT molecular complexity index is 328. The summed E-state index contributed by atoms with van der Waals surface area (Å²) in [5, 5.41) is 21.1. The van der Waals surface area contributed by atoms with Crippen molar-refractivity contribution in [1.82, 2.24) is 5.32 Å². The second-order valence-corrected chi connectivity index (χ2v) is 3.68. The molecule has 0 aliphatic heterocycles. The van der Waals surface area contributed by atoms with Gasteiger partial charge in [-0.1, -0.05) is 6.07 Å². The molecule has 0 amide bonds. The Morgan fingerprint density at radius 3 is 2.60 bits per heavy atom. The lowest BCUT2D eigenvalue weighted by molar-refractivity contribution is 0.187. The van der Waals surface area contributed by atoms with Crippen molar-refractivity contribution in [3.05, 3.63) is 29.6 Å². The third-order valence-electron chi connectivity index (χ3n) is 2.17. The highest BCUT2D eigenvalue weighted by molar-refractivity contribution is 5.29. The van der Waals surface area contributed by atoms with Crippen molar-refractivity contribution in [3.63, 3.8) is 0 Å². The van der Waals surface area contributed by atoms with E-state index in [0.717, 1.165) is 6.07 Å². The summed E-state index contributed by atoms with van der Waals surface area (Å²) < 4.78 is 13.4. The summed E-state index contributed by atoms with van der Waals surface area (Å²) in [6.45, 7) is 3.87. The summed E-state index contributed by atoms with van der Waals surface area (Å²) in [7, 11) is 0. The van der Waals surface area contributed by atoms with E-state index in [1.165, 1.54) is 12.1 Å². The van der Waals surface area contributed by atoms with Crippen LogP contribution in [-0.4, -0.2) is 22.9 Å². The molecule has 0 bridgehead atoms. The Morgan fingerprint density at radius 1 is 1.40 bits per heavy atom. The zero-order valence-corrected chi connectivity index (χ0v) is 8.87. The summed E-state index contributed by atoms with van der Waals surface area (Å²) in [5.41, 5.74) is 0.480. The molecule has 1 aromatic carbocycles. The third-order valence-corrected chi connectivity index (χ3v) is 2.17. The number of aromatic hydroxyl groups is 1. The minimum atomic E-state index is -0.465. The fraction of sp³-hybridized carbons (Fsp3) is 0.455. The Kier molecular flexibility index (Phi) is 4.05. The van der Waals surface area contributed by atoms with Crippen molar-refractivity contribution in [2.24, 2.45) is 0 Å². The van der Waals surface area contributed by atoms with Crippen LogP contribution in [0.5, 0.6) is 5.75 Å². The molecular formula is C11H16FNO2. The van der Waals surface area contributed by atoms with E-state index in [9.17, 15) is 4.39 Å². The second kappa shape index (κ2) is 5.09. The van der Waals surface area contributed by atoms with Gasteiger partial charge in [0.15, 0.2) is 0 Å². The number of phenols is 1. The number of hydrogen-bond donors (Lipinski definition) is 3. The molecule has 2 atom stereocenters. The molecule has 15 heavy (non-hydrogen) atoms. The zero-order chi connectivity index (χ0) is 11.4. The maximum atomic E-state index is 13.4. The number of halogens is 1. The van der Waals surface area contributed by atoms with Crippen LogP contribution in [0.25, 0.3) is 0 Å². The molecule has 0 spiro atoms. The number of aliphatic hydroxyl groups excluding tert-OH is 1. The molecule has 84 valence electrons. The predicted octanol–water partition coefficient (Wildman–Crippen LogP) is 1.56. The van der Waals surface area contributed by atoms with E-state index in [0.29, 0.717) is 12.1 Å². The molecule has 4 heteroatoms. The molecule has 0 aliphatic carbocycles. The van der Waals surface area contributed by atoms with Crippen LogP contribution >= 0.6 is 0 Å². The van der Waals surface area contributed by atoms with Crippen LogP contribution in [0, 0.1) is 5.82 Å². The lowest BCUT2D eigenvalue weighted by Crippen LogP contribution is -2.27. The van der Waals surface area contributed by atoms with E-state index in [1.54, 1.807) is 13.8 Å². The number of benzene rings is 1. The summed E-state index contributed by atoms with van der Waals surface area (Å²) in [4.78, 5) is 0. The highest BCUT2D eigenvalue weighted by Gasteiger charge is 2.11. The highest BCUT2D eigenvalue weighted by atomic mass is 19.1. The minimum absolute atomic E-state index is 0.0843. The first-order valence-corrected chi connectivity index (χ1v) is 4.90. The lowest BCUT2D eigenvalue weighted by atomic mass is 10.1. The van der Waals surface area contributed by atoms with Crippen LogP contribution in [0.2, 0.25) is 0 Å². The molecule has 0 saturated carbocycles. The van der Waals surface area contributed by atoms with Gasteiger partial charge in [-0.05, 0) is 19.9 Å². The third kappa shape index (κ3) is 3.49. The van der Waals surface area contributed by atoms with Gasteiger partial charge in [0.05, 0.1) is 6.10 Å². The number of hydrogen-bond acceptors (Lipinski definition) is 3. The van der Waals surface area contributed by atoms with Crippen molar-refractivity contribution >= 4 is 0 Å². The van der Waals surface area contributed by atoms with Crippen LogP contribution < -0.4 is 5.32 Å². The molecule has 1 rings (SSSR count). The monoisotopic (exact) mass is 213 g/mol. The molecular weight excluding hydrogens is 197 g/mol. The maximum Gasteiger partial charge on any atom is 0.131 e. The van der Waals surface area contributed by atoms with Gasteiger partial charge in [-0.3, -0.25) is 0 Å². The Morgan fingerprint density at radius 2 is 2.07 bits per heavy atom. The van der Waals surface area contributed by atoms with Crippen molar-refractivity contribution in [3.8, 4) is 5.75 Å². The normalized spacial score (nSPS) is 14.9. The van der Waals surface area contributed by atoms with Crippen molar-refractivity contribution in [2.45, 2.75) is 26.0 Å². The number of rotatable bonds is 4. The first-order chi connectivity index (χ1) is 7.00. The van der Waals surface area contributed by atoms with Gasteiger partial charge in [0, 0.05) is 24.2 Å². The van der Waals surface area contributed by atoms with Crippen LogP contribution in [-0.2, 0) is 0 Å². The Balaban J connectivity index is 2.69. The molecule has 0 saturated heterocycles. The first-order valence-electron chi connectivity index (χ1n) is 4.90. The Labute approximate surface area is 88.6 Å². The summed E-state index contributed by atoms with van der Waals surface area (Å²) in [5.74, 6) is -0.528. The molecule has 0 aliphatic rings. The van der Waals surface area contributed by atoms with Gasteiger partial charge in [0.1, 0.15) is 11.6 Å². The Hall–Kier alpha value is -1.13. The SMILES string of the molecule is CC(O)CNC(C)c1ccc(O)cc1F. The van der Waals surface area contributed by atoms with Crippen LogP contribution in [0.4, 0.5) is 4.39 Å². The van der Waals surface area contributed by atoms with Gasteiger partial charge in [0.2, 0.25) is 0 Å². The molecule has 3 N–H and O–H groups in total. The van der Waals surface area contributed by atoms with E-state index < -0.39 is 11.9 Å². The molecule has 0 aromatic heterocycles. The molecule has 2 unspecified atom stereocenters. The largest absolute Gasteiger partial charge is 0.508 e. The van der Waals surface area contributed by atoms with Crippen LogP contribution in [0.15, 0.2) is 18.2 Å². The van der Waals surface area contributed by atoms with E-state index in [-0.39, 0.29) is 11.8 Å². The lowest BCUT2D eigenvalue weighted by Gasteiger charge is -2.16. The summed E-state index contributed by atoms with van der Waals surface area (Å²) >= 11 is 0. The predicted molar refractivity (Wildman–Crippen MR) is 56.2 cm³/mol. The van der Waals surface area contributed by atoms with Gasteiger partial charge in [-0.25, -0.2) is 4.39 Å². The van der Waals surface area contributed by atoms with Crippen LogP contribution in [0.3, 0.4) is 0 Å². The van der Waals surface area contributed by atoms with Gasteiger partial charge in [-0.15, -0.1) is 0 Å². The molecule has 0 fully saturated rings. The van der Waals surface area contributed by atoms with E-state index in [4.69, 9.17) is 10.2 Å². The number of nitrogens with one attached hydrogen (secondary N) is 1. The number of aliphatic hydroxyl groups is 1. The average molecular weight is 213 g/mol. The van der Waals surface area contributed by atoms with Gasteiger partial charge in [0.25, 0.3) is 0 Å². The van der Waals surface area contributed by atoms with E-state index in [1.807, 2.05) is 0 Å². The van der Waals surface area contributed by atoms with Crippen LogP contribution in [0.1, 0.15) is 25.5 Å². The van der Waals surface area contributed by atoms with Crippen molar-refractivity contribution < 1.29 is 14.6 Å². The molecule has 0 heterocycles. The van der Waals surface area contributed by atoms with E-state index in [2.05, 4.69) is 5.32 Å². The average Bonchev–Trinajstić information content (AvgIpc) is 2.14.